The number of benzene rings is 2. The number of nitrogens with one attached hydrogen (secondary N) is 1. The van der Waals surface area contributed by atoms with Gasteiger partial charge in [-0.05, 0) is 59.3 Å². The first-order valence-corrected chi connectivity index (χ1v) is 9.49. The van der Waals surface area contributed by atoms with E-state index in [9.17, 15) is 4.79 Å². The standard InChI is InChI=1S/C19H21N5O3S/c1-13(18(25)20-12-14-4-8-16(26-2)9-5-14)28-19-21-22-23-24(19)15-6-10-17(27-3)11-7-15/h4-11,13H,12H2,1-3H3,(H,20,25)/t13-/m0/s1. The molecule has 0 fully saturated rings. The van der Waals surface area contributed by atoms with Gasteiger partial charge in [0.2, 0.25) is 11.1 Å². The molecule has 0 spiro atoms. The van der Waals surface area contributed by atoms with Crippen LogP contribution in [-0.2, 0) is 11.3 Å². The first-order chi connectivity index (χ1) is 13.6. The van der Waals surface area contributed by atoms with E-state index in [-0.39, 0.29) is 11.2 Å². The van der Waals surface area contributed by atoms with Gasteiger partial charge in [-0.15, -0.1) is 5.10 Å². The average molecular weight is 399 g/mol. The van der Waals surface area contributed by atoms with Gasteiger partial charge in [-0.3, -0.25) is 4.79 Å². The molecule has 1 heterocycles. The summed E-state index contributed by atoms with van der Waals surface area (Å²) in [6, 6.07) is 14.9. The number of thioether (sulfide) groups is 1. The summed E-state index contributed by atoms with van der Waals surface area (Å²) in [6.45, 7) is 2.26. The van der Waals surface area contributed by atoms with Gasteiger partial charge in [0.1, 0.15) is 11.5 Å². The predicted octanol–water partition coefficient (Wildman–Crippen LogP) is 2.48. The second-order valence-corrected chi connectivity index (χ2v) is 7.21. The Kier molecular flexibility index (Phi) is 6.49. The number of tetrazole rings is 1. The maximum Gasteiger partial charge on any atom is 0.233 e. The molecule has 1 atom stereocenters. The average Bonchev–Trinajstić information content (AvgIpc) is 3.20. The van der Waals surface area contributed by atoms with Gasteiger partial charge in [0.15, 0.2) is 0 Å². The molecule has 9 heteroatoms. The highest BCUT2D eigenvalue weighted by atomic mass is 32.2. The summed E-state index contributed by atoms with van der Waals surface area (Å²) in [5.74, 6) is 1.44. The molecule has 0 radical (unpaired) electrons. The van der Waals surface area contributed by atoms with Crippen molar-refractivity contribution in [2.24, 2.45) is 0 Å². The zero-order chi connectivity index (χ0) is 19.9. The Morgan fingerprint density at radius 2 is 1.68 bits per heavy atom. The van der Waals surface area contributed by atoms with Crippen LogP contribution in [0.3, 0.4) is 0 Å². The molecule has 1 amide bonds. The van der Waals surface area contributed by atoms with Gasteiger partial charge in [0.25, 0.3) is 0 Å². The molecule has 0 saturated carbocycles. The summed E-state index contributed by atoms with van der Waals surface area (Å²) < 4.78 is 11.9. The third kappa shape index (κ3) is 4.80. The van der Waals surface area contributed by atoms with E-state index in [2.05, 4.69) is 20.8 Å². The Bertz CT molecular complexity index is 912. The fourth-order valence-corrected chi connectivity index (χ4v) is 3.26. The maximum atomic E-state index is 12.4. The molecular formula is C19H21N5O3S. The Morgan fingerprint density at radius 3 is 2.29 bits per heavy atom. The number of rotatable bonds is 8. The molecule has 2 aromatic carbocycles. The number of aromatic nitrogens is 4. The molecular weight excluding hydrogens is 378 g/mol. The molecule has 8 nitrogen and oxygen atoms in total. The number of hydrogen-bond donors (Lipinski definition) is 1. The van der Waals surface area contributed by atoms with Gasteiger partial charge in [0, 0.05) is 6.54 Å². The lowest BCUT2D eigenvalue weighted by atomic mass is 10.2. The highest BCUT2D eigenvalue weighted by Gasteiger charge is 2.19. The molecule has 0 aliphatic carbocycles. The SMILES string of the molecule is COc1ccc(CNC(=O)[C@H](C)Sc2nnnn2-c2ccc(OC)cc2)cc1. The van der Waals surface area contributed by atoms with Crippen molar-refractivity contribution >= 4 is 17.7 Å². The van der Waals surface area contributed by atoms with Gasteiger partial charge in [-0.25, -0.2) is 0 Å². The van der Waals surface area contributed by atoms with E-state index in [0.29, 0.717) is 11.7 Å². The van der Waals surface area contributed by atoms with Crippen LogP contribution in [0.15, 0.2) is 53.7 Å². The number of carbonyl (C=O) groups excluding carboxylic acids is 1. The number of nitrogens with zero attached hydrogens (tertiary/aromatic N) is 4. The van der Waals surface area contributed by atoms with Crippen molar-refractivity contribution in [2.45, 2.75) is 23.9 Å². The van der Waals surface area contributed by atoms with Gasteiger partial charge >= 0.3 is 0 Å². The van der Waals surface area contributed by atoms with E-state index in [1.807, 2.05) is 55.5 Å². The van der Waals surface area contributed by atoms with Crippen LogP contribution in [0.2, 0.25) is 0 Å². The maximum absolute atomic E-state index is 12.4. The second kappa shape index (κ2) is 9.23. The lowest BCUT2D eigenvalue weighted by Crippen LogP contribution is -2.30. The fraction of sp³-hybridized carbons (Fsp3) is 0.263. The molecule has 0 aliphatic heterocycles. The quantitative estimate of drug-likeness (QED) is 0.582. The number of ether oxygens (including phenoxy) is 2. The number of methoxy groups -OCH3 is 2. The number of carbonyl (C=O) groups is 1. The predicted molar refractivity (Wildman–Crippen MR) is 106 cm³/mol. The summed E-state index contributed by atoms with van der Waals surface area (Å²) in [7, 11) is 3.23. The Morgan fingerprint density at radius 1 is 1.07 bits per heavy atom. The Hall–Kier alpha value is -3.07. The minimum absolute atomic E-state index is 0.0925. The Balaban J connectivity index is 1.60. The lowest BCUT2D eigenvalue weighted by molar-refractivity contribution is -0.120. The minimum Gasteiger partial charge on any atom is -0.497 e. The molecule has 0 bridgehead atoms. The van der Waals surface area contributed by atoms with Crippen LogP contribution in [0.25, 0.3) is 5.69 Å². The fourth-order valence-electron chi connectivity index (χ4n) is 2.43. The van der Waals surface area contributed by atoms with Crippen LogP contribution < -0.4 is 14.8 Å². The smallest absolute Gasteiger partial charge is 0.233 e. The van der Waals surface area contributed by atoms with Crippen LogP contribution in [0.1, 0.15) is 12.5 Å². The van der Waals surface area contributed by atoms with Crippen molar-refractivity contribution in [2.75, 3.05) is 14.2 Å². The third-order valence-electron chi connectivity index (χ3n) is 4.04. The third-order valence-corrected chi connectivity index (χ3v) is 5.07. The largest absolute Gasteiger partial charge is 0.497 e. The van der Waals surface area contributed by atoms with Crippen LogP contribution in [0.5, 0.6) is 11.5 Å². The van der Waals surface area contributed by atoms with Crippen molar-refractivity contribution in [1.82, 2.24) is 25.5 Å². The van der Waals surface area contributed by atoms with Gasteiger partial charge in [0.05, 0.1) is 25.2 Å². The van der Waals surface area contributed by atoms with E-state index in [0.717, 1.165) is 22.7 Å². The van der Waals surface area contributed by atoms with Crippen molar-refractivity contribution < 1.29 is 14.3 Å². The second-order valence-electron chi connectivity index (χ2n) is 5.90. The molecule has 3 aromatic rings. The van der Waals surface area contributed by atoms with E-state index in [1.54, 1.807) is 18.9 Å². The molecule has 1 aromatic heterocycles. The van der Waals surface area contributed by atoms with Crippen LogP contribution in [0.4, 0.5) is 0 Å². The van der Waals surface area contributed by atoms with Crippen LogP contribution >= 0.6 is 11.8 Å². The molecule has 146 valence electrons. The summed E-state index contributed by atoms with van der Waals surface area (Å²) in [5, 5.41) is 14.9. The highest BCUT2D eigenvalue weighted by molar-refractivity contribution is 8.00. The van der Waals surface area contributed by atoms with Crippen molar-refractivity contribution in [3.05, 3.63) is 54.1 Å². The number of hydrogen-bond acceptors (Lipinski definition) is 7. The van der Waals surface area contributed by atoms with Crippen molar-refractivity contribution in [1.29, 1.82) is 0 Å². The van der Waals surface area contributed by atoms with Crippen molar-refractivity contribution in [3.63, 3.8) is 0 Å². The first kappa shape index (κ1) is 19.7. The molecule has 1 N–H and O–H groups in total. The molecule has 0 aliphatic rings. The topological polar surface area (TPSA) is 91.2 Å². The van der Waals surface area contributed by atoms with E-state index in [4.69, 9.17) is 9.47 Å². The molecule has 0 unspecified atom stereocenters. The van der Waals surface area contributed by atoms with Gasteiger partial charge in [-0.1, -0.05) is 23.9 Å². The zero-order valence-corrected chi connectivity index (χ0v) is 16.6. The van der Waals surface area contributed by atoms with Crippen LogP contribution in [-0.4, -0.2) is 45.6 Å². The zero-order valence-electron chi connectivity index (χ0n) is 15.8. The summed E-state index contributed by atoms with van der Waals surface area (Å²) >= 11 is 1.29. The first-order valence-electron chi connectivity index (χ1n) is 8.61. The molecule has 0 saturated heterocycles. The monoisotopic (exact) mass is 399 g/mol. The summed E-state index contributed by atoms with van der Waals surface area (Å²) in [5.41, 5.74) is 1.79. The molecule has 28 heavy (non-hydrogen) atoms. The Labute approximate surface area is 167 Å². The number of amides is 1. The normalized spacial score (nSPS) is 11.7. The lowest BCUT2D eigenvalue weighted by Gasteiger charge is -2.12. The van der Waals surface area contributed by atoms with Gasteiger partial charge < -0.3 is 14.8 Å². The summed E-state index contributed by atoms with van der Waals surface area (Å²) in [4.78, 5) is 12.4. The molecule has 3 rings (SSSR count). The highest BCUT2D eigenvalue weighted by Crippen LogP contribution is 2.24. The van der Waals surface area contributed by atoms with E-state index in [1.165, 1.54) is 11.8 Å². The van der Waals surface area contributed by atoms with Crippen molar-refractivity contribution in [3.8, 4) is 17.2 Å². The minimum atomic E-state index is -0.360. The summed E-state index contributed by atoms with van der Waals surface area (Å²) in [6.07, 6.45) is 0. The van der Waals surface area contributed by atoms with Crippen LogP contribution in [0, 0.1) is 0 Å². The van der Waals surface area contributed by atoms with E-state index >= 15 is 0 Å². The van der Waals surface area contributed by atoms with E-state index < -0.39 is 0 Å². The van der Waals surface area contributed by atoms with Gasteiger partial charge in [-0.2, -0.15) is 4.68 Å².